The Kier molecular flexibility index (Phi) is 5.74. The van der Waals surface area contributed by atoms with Gasteiger partial charge in [0.05, 0.1) is 11.6 Å². The van der Waals surface area contributed by atoms with Crippen LogP contribution in [-0.2, 0) is 16.0 Å². The van der Waals surface area contributed by atoms with Crippen molar-refractivity contribution in [1.29, 1.82) is 0 Å². The number of amides is 1. The molecule has 1 heterocycles. The van der Waals surface area contributed by atoms with Crippen LogP contribution in [0.4, 0.5) is 10.1 Å². The summed E-state index contributed by atoms with van der Waals surface area (Å²) in [5, 5.41) is 11.0. The number of rotatable bonds is 4. The van der Waals surface area contributed by atoms with Gasteiger partial charge in [0.15, 0.2) is 0 Å². The fourth-order valence-electron chi connectivity index (χ4n) is 3.71. The maximum atomic E-state index is 13.6. The quantitative estimate of drug-likeness (QED) is 0.293. The van der Waals surface area contributed by atoms with Crippen LogP contribution in [0.2, 0.25) is 0 Å². The van der Waals surface area contributed by atoms with Gasteiger partial charge in [0.25, 0.3) is 11.7 Å². The highest BCUT2D eigenvalue weighted by molar-refractivity contribution is 9.10. The van der Waals surface area contributed by atoms with Crippen LogP contribution >= 0.6 is 15.9 Å². The number of Topliss-reactive ketones (excluding diaryl/α,β-unsaturated/α-hetero) is 1. The third-order valence-corrected chi connectivity index (χ3v) is 5.90. The van der Waals surface area contributed by atoms with Crippen molar-refractivity contribution >= 4 is 39.1 Å². The molecule has 0 radical (unpaired) electrons. The average Bonchev–Trinajstić information content (AvgIpc) is 3.05. The molecule has 6 heteroatoms. The first-order valence-corrected chi connectivity index (χ1v) is 10.6. The predicted octanol–water partition coefficient (Wildman–Crippen LogP) is 5.78. The number of carbonyl (C=O) groups is 2. The van der Waals surface area contributed by atoms with E-state index in [0.29, 0.717) is 16.8 Å². The number of aliphatic hydroxyl groups is 1. The van der Waals surface area contributed by atoms with Gasteiger partial charge < -0.3 is 5.11 Å². The van der Waals surface area contributed by atoms with Crippen molar-refractivity contribution in [3.8, 4) is 0 Å². The lowest BCUT2D eigenvalue weighted by Gasteiger charge is -2.25. The molecule has 31 heavy (non-hydrogen) atoms. The van der Waals surface area contributed by atoms with Crippen molar-refractivity contribution in [2.75, 3.05) is 4.90 Å². The van der Waals surface area contributed by atoms with E-state index >= 15 is 0 Å². The Morgan fingerprint density at radius 3 is 2.16 bits per heavy atom. The Labute approximate surface area is 187 Å². The van der Waals surface area contributed by atoms with Crippen molar-refractivity contribution in [3.63, 3.8) is 0 Å². The molecule has 156 valence electrons. The lowest BCUT2D eigenvalue weighted by Crippen LogP contribution is -2.29. The van der Waals surface area contributed by atoms with E-state index in [1.165, 1.54) is 29.2 Å². The maximum Gasteiger partial charge on any atom is 0.300 e. The van der Waals surface area contributed by atoms with E-state index in [9.17, 15) is 19.1 Å². The molecule has 0 aromatic heterocycles. The molecule has 1 aliphatic rings. The SMILES string of the molecule is CCc1ccc(N2C(=O)C(=O)/C(=C(/O)c3ccc(Br)cc3)C2c2ccc(F)cc2)cc1. The van der Waals surface area contributed by atoms with E-state index in [0.717, 1.165) is 16.5 Å². The number of benzene rings is 3. The Hall–Kier alpha value is -3.25. The summed E-state index contributed by atoms with van der Waals surface area (Å²) in [6.45, 7) is 2.03. The molecule has 4 rings (SSSR count). The number of anilines is 1. The predicted molar refractivity (Wildman–Crippen MR) is 121 cm³/mol. The molecule has 1 aliphatic heterocycles. The summed E-state index contributed by atoms with van der Waals surface area (Å²) in [4.78, 5) is 27.5. The number of aryl methyl sites for hydroxylation is 1. The molecule has 1 N–H and O–H groups in total. The number of hydrogen-bond donors (Lipinski definition) is 1. The van der Waals surface area contributed by atoms with E-state index in [2.05, 4.69) is 15.9 Å². The highest BCUT2D eigenvalue weighted by Crippen LogP contribution is 2.42. The Bertz CT molecular complexity index is 1170. The minimum absolute atomic E-state index is 0.0292. The second-order valence-corrected chi connectivity index (χ2v) is 8.16. The largest absolute Gasteiger partial charge is 0.507 e. The van der Waals surface area contributed by atoms with Crippen LogP contribution in [0.1, 0.15) is 29.7 Å². The molecule has 4 nitrogen and oxygen atoms in total. The van der Waals surface area contributed by atoms with E-state index in [4.69, 9.17) is 0 Å². The van der Waals surface area contributed by atoms with E-state index in [1.54, 1.807) is 36.4 Å². The summed E-state index contributed by atoms with van der Waals surface area (Å²) in [5.74, 6) is -2.22. The number of halogens is 2. The molecule has 3 aromatic rings. The lowest BCUT2D eigenvalue weighted by molar-refractivity contribution is -0.132. The van der Waals surface area contributed by atoms with E-state index < -0.39 is 23.5 Å². The van der Waals surface area contributed by atoms with E-state index in [1.807, 2.05) is 19.1 Å². The van der Waals surface area contributed by atoms with Crippen LogP contribution in [0.3, 0.4) is 0 Å². The first-order chi connectivity index (χ1) is 14.9. The summed E-state index contributed by atoms with van der Waals surface area (Å²) < 4.78 is 14.4. The van der Waals surface area contributed by atoms with Gasteiger partial charge in [0, 0.05) is 15.7 Å². The molecular formula is C25H19BrFNO3. The standard InChI is InChI=1S/C25H19BrFNO3/c1-2-15-3-13-20(14-4-15)28-22(16-7-11-19(27)12-8-16)21(24(30)25(28)31)23(29)17-5-9-18(26)10-6-17/h3-14,22,29H,2H2,1H3/b23-21+. The average molecular weight is 480 g/mol. The number of ketones is 1. The molecule has 1 amide bonds. The maximum absolute atomic E-state index is 13.6. The molecule has 3 aromatic carbocycles. The van der Waals surface area contributed by atoms with E-state index in [-0.39, 0.29) is 11.3 Å². The molecule has 1 atom stereocenters. The van der Waals surface area contributed by atoms with Gasteiger partial charge in [-0.2, -0.15) is 0 Å². The first kappa shape index (κ1) is 21.0. The minimum atomic E-state index is -0.878. The highest BCUT2D eigenvalue weighted by Gasteiger charge is 2.46. The normalized spacial score (nSPS) is 17.9. The number of nitrogens with zero attached hydrogens (tertiary/aromatic N) is 1. The summed E-state index contributed by atoms with van der Waals surface area (Å²) >= 11 is 3.34. The van der Waals surface area contributed by atoms with Crippen LogP contribution in [0, 0.1) is 5.82 Å². The molecule has 0 bridgehead atoms. The summed E-state index contributed by atoms with van der Waals surface area (Å²) in [7, 11) is 0. The fraction of sp³-hybridized carbons (Fsp3) is 0.120. The Morgan fingerprint density at radius 1 is 0.968 bits per heavy atom. The second-order valence-electron chi connectivity index (χ2n) is 7.25. The van der Waals surface area contributed by atoms with Crippen LogP contribution in [0.15, 0.2) is 82.8 Å². The van der Waals surface area contributed by atoms with Gasteiger partial charge in [-0.3, -0.25) is 14.5 Å². The third kappa shape index (κ3) is 3.91. The van der Waals surface area contributed by atoms with Crippen LogP contribution in [-0.4, -0.2) is 16.8 Å². The Morgan fingerprint density at radius 2 is 1.58 bits per heavy atom. The molecule has 1 fully saturated rings. The van der Waals surface area contributed by atoms with Crippen LogP contribution < -0.4 is 4.90 Å². The number of carbonyl (C=O) groups excluding carboxylic acids is 2. The van der Waals surface area contributed by atoms with Crippen LogP contribution in [0.25, 0.3) is 5.76 Å². The zero-order valence-electron chi connectivity index (χ0n) is 16.7. The van der Waals surface area contributed by atoms with Crippen molar-refractivity contribution in [2.45, 2.75) is 19.4 Å². The second kappa shape index (κ2) is 8.47. The summed E-state index contributed by atoms with van der Waals surface area (Å²) in [6.07, 6.45) is 0.837. The van der Waals surface area contributed by atoms with Crippen molar-refractivity contribution in [3.05, 3.63) is 105 Å². The molecule has 1 unspecified atom stereocenters. The van der Waals surface area contributed by atoms with Crippen molar-refractivity contribution in [1.82, 2.24) is 0 Å². The van der Waals surface area contributed by atoms with Gasteiger partial charge in [0.1, 0.15) is 11.6 Å². The summed E-state index contributed by atoms with van der Waals surface area (Å²) in [6, 6.07) is 18.8. The Balaban J connectivity index is 1.91. The van der Waals surface area contributed by atoms with Gasteiger partial charge >= 0.3 is 0 Å². The van der Waals surface area contributed by atoms with Crippen LogP contribution in [0.5, 0.6) is 0 Å². The number of hydrogen-bond acceptors (Lipinski definition) is 3. The first-order valence-electron chi connectivity index (χ1n) is 9.82. The lowest BCUT2D eigenvalue weighted by atomic mass is 9.95. The third-order valence-electron chi connectivity index (χ3n) is 5.37. The van der Waals surface area contributed by atoms with Crippen molar-refractivity contribution < 1.29 is 19.1 Å². The molecule has 0 spiro atoms. The van der Waals surface area contributed by atoms with Gasteiger partial charge in [0.2, 0.25) is 0 Å². The van der Waals surface area contributed by atoms with Gasteiger partial charge in [-0.05, 0) is 53.9 Å². The van der Waals surface area contributed by atoms with Gasteiger partial charge in [-0.1, -0.05) is 59.3 Å². The topological polar surface area (TPSA) is 57.6 Å². The zero-order valence-corrected chi connectivity index (χ0v) is 18.3. The minimum Gasteiger partial charge on any atom is -0.507 e. The molecule has 0 aliphatic carbocycles. The molecule has 1 saturated heterocycles. The van der Waals surface area contributed by atoms with Gasteiger partial charge in [-0.15, -0.1) is 0 Å². The zero-order chi connectivity index (χ0) is 22.1. The van der Waals surface area contributed by atoms with Gasteiger partial charge in [-0.25, -0.2) is 4.39 Å². The molecular weight excluding hydrogens is 461 g/mol. The summed E-state index contributed by atoms with van der Waals surface area (Å²) in [5.41, 5.74) is 2.53. The fourth-order valence-corrected chi connectivity index (χ4v) is 3.98. The molecule has 0 saturated carbocycles. The smallest absolute Gasteiger partial charge is 0.300 e. The number of aliphatic hydroxyl groups excluding tert-OH is 1. The highest BCUT2D eigenvalue weighted by atomic mass is 79.9. The van der Waals surface area contributed by atoms with Crippen molar-refractivity contribution in [2.24, 2.45) is 0 Å². The monoisotopic (exact) mass is 479 g/mol.